The average molecular weight is 486 g/mol. The lowest BCUT2D eigenvalue weighted by Crippen LogP contribution is -2.44. The molecule has 3 amide bonds. The van der Waals surface area contributed by atoms with Crippen molar-refractivity contribution in [3.05, 3.63) is 83.4 Å². The van der Waals surface area contributed by atoms with E-state index < -0.39 is 6.04 Å². The van der Waals surface area contributed by atoms with Gasteiger partial charge in [-0.15, -0.1) is 0 Å². The van der Waals surface area contributed by atoms with Gasteiger partial charge >= 0.3 is 0 Å². The van der Waals surface area contributed by atoms with Crippen molar-refractivity contribution in [3.63, 3.8) is 0 Å². The van der Waals surface area contributed by atoms with E-state index in [1.807, 2.05) is 30.3 Å². The fraction of sp³-hybridized carbons (Fsp3) is 0.250. The van der Waals surface area contributed by atoms with Crippen molar-refractivity contribution in [1.82, 2.24) is 4.90 Å². The van der Waals surface area contributed by atoms with Crippen LogP contribution in [-0.2, 0) is 11.3 Å². The molecule has 2 aliphatic heterocycles. The number of hydrogen-bond donors (Lipinski definition) is 1. The zero-order chi connectivity index (χ0) is 25.2. The molecule has 1 atom stereocenters. The van der Waals surface area contributed by atoms with Crippen LogP contribution in [-0.4, -0.2) is 49.4 Å². The predicted octanol–water partition coefficient (Wildman–Crippen LogP) is 4.11. The fourth-order valence-electron chi connectivity index (χ4n) is 4.83. The minimum Gasteiger partial charge on any atom is -0.493 e. The number of amides is 3. The molecular formula is C28H27N3O5. The van der Waals surface area contributed by atoms with Crippen LogP contribution in [0.3, 0.4) is 0 Å². The van der Waals surface area contributed by atoms with Gasteiger partial charge in [0.25, 0.3) is 11.8 Å². The first-order chi connectivity index (χ1) is 17.5. The molecule has 2 heterocycles. The Morgan fingerprint density at radius 2 is 1.72 bits per heavy atom. The molecule has 0 spiro atoms. The number of hydrogen-bond acceptors (Lipinski definition) is 5. The molecule has 0 bridgehead atoms. The molecule has 184 valence electrons. The molecule has 1 N–H and O–H groups in total. The highest BCUT2D eigenvalue weighted by atomic mass is 16.5. The topological polar surface area (TPSA) is 88.2 Å². The van der Waals surface area contributed by atoms with Gasteiger partial charge in [-0.3, -0.25) is 14.4 Å². The minimum atomic E-state index is -0.434. The maximum absolute atomic E-state index is 13.5. The van der Waals surface area contributed by atoms with Crippen molar-refractivity contribution in [3.8, 4) is 11.5 Å². The SMILES string of the molecule is COc1ccc(NC(=O)c2ccc(CN3C(=O)C4CCCN4C(=O)c4ccccc43)cc2)cc1OC. The monoisotopic (exact) mass is 485 g/mol. The summed E-state index contributed by atoms with van der Waals surface area (Å²) < 4.78 is 10.5. The van der Waals surface area contributed by atoms with Crippen molar-refractivity contribution in [2.75, 3.05) is 31.0 Å². The van der Waals surface area contributed by atoms with Gasteiger partial charge in [0.2, 0.25) is 5.91 Å². The maximum Gasteiger partial charge on any atom is 0.256 e. The van der Waals surface area contributed by atoms with Crippen LogP contribution in [0.25, 0.3) is 0 Å². The van der Waals surface area contributed by atoms with Gasteiger partial charge in [-0.2, -0.15) is 0 Å². The number of carbonyl (C=O) groups excluding carboxylic acids is 3. The number of anilines is 2. The van der Waals surface area contributed by atoms with E-state index in [1.165, 1.54) is 7.11 Å². The quantitative estimate of drug-likeness (QED) is 0.568. The first kappa shape index (κ1) is 23.4. The molecule has 0 aromatic heterocycles. The maximum atomic E-state index is 13.5. The van der Waals surface area contributed by atoms with E-state index in [-0.39, 0.29) is 17.7 Å². The number of carbonyl (C=O) groups is 3. The molecule has 3 aromatic carbocycles. The number of ether oxygens (including phenoxy) is 2. The molecule has 1 unspecified atom stereocenters. The third kappa shape index (κ3) is 4.26. The largest absolute Gasteiger partial charge is 0.493 e. The van der Waals surface area contributed by atoms with Crippen molar-refractivity contribution < 1.29 is 23.9 Å². The third-order valence-corrected chi connectivity index (χ3v) is 6.69. The van der Waals surface area contributed by atoms with Gasteiger partial charge in [-0.1, -0.05) is 24.3 Å². The Balaban J connectivity index is 1.35. The van der Waals surface area contributed by atoms with Crippen LogP contribution in [0.5, 0.6) is 11.5 Å². The first-order valence-corrected chi connectivity index (χ1v) is 11.8. The lowest BCUT2D eigenvalue weighted by molar-refractivity contribution is -0.122. The summed E-state index contributed by atoms with van der Waals surface area (Å²) in [6, 6.07) is 19.1. The van der Waals surface area contributed by atoms with Gasteiger partial charge in [0.05, 0.1) is 32.0 Å². The highest BCUT2D eigenvalue weighted by Gasteiger charge is 2.41. The van der Waals surface area contributed by atoms with E-state index >= 15 is 0 Å². The van der Waals surface area contributed by atoms with Crippen LogP contribution in [0.1, 0.15) is 39.1 Å². The Hall–Kier alpha value is -4.33. The highest BCUT2D eigenvalue weighted by Crippen LogP contribution is 2.33. The van der Waals surface area contributed by atoms with Gasteiger partial charge in [-0.25, -0.2) is 0 Å². The summed E-state index contributed by atoms with van der Waals surface area (Å²) in [7, 11) is 3.09. The Kier molecular flexibility index (Phi) is 6.33. The molecule has 8 heteroatoms. The smallest absolute Gasteiger partial charge is 0.256 e. The molecule has 1 fully saturated rings. The van der Waals surface area contributed by atoms with E-state index in [1.54, 1.807) is 53.3 Å². The van der Waals surface area contributed by atoms with Crippen LogP contribution in [0.15, 0.2) is 66.7 Å². The van der Waals surface area contributed by atoms with Gasteiger partial charge in [0, 0.05) is 23.9 Å². The summed E-state index contributed by atoms with van der Waals surface area (Å²) >= 11 is 0. The molecule has 36 heavy (non-hydrogen) atoms. The molecule has 0 aliphatic carbocycles. The number of benzene rings is 3. The van der Waals surface area contributed by atoms with Crippen LogP contribution < -0.4 is 19.7 Å². The lowest BCUT2D eigenvalue weighted by Gasteiger charge is -2.26. The molecule has 3 aromatic rings. The van der Waals surface area contributed by atoms with Gasteiger partial charge in [-0.05, 0) is 54.8 Å². The van der Waals surface area contributed by atoms with Crippen molar-refractivity contribution >= 4 is 29.1 Å². The van der Waals surface area contributed by atoms with Gasteiger partial charge in [0.15, 0.2) is 11.5 Å². The zero-order valence-corrected chi connectivity index (χ0v) is 20.2. The summed E-state index contributed by atoms with van der Waals surface area (Å²) in [5.74, 6) is 0.670. The van der Waals surface area contributed by atoms with Crippen molar-refractivity contribution in [2.24, 2.45) is 0 Å². The molecule has 2 aliphatic rings. The summed E-state index contributed by atoms with van der Waals surface area (Å²) in [5, 5.41) is 2.86. The fourth-order valence-corrected chi connectivity index (χ4v) is 4.83. The Morgan fingerprint density at radius 3 is 2.47 bits per heavy atom. The third-order valence-electron chi connectivity index (χ3n) is 6.69. The van der Waals surface area contributed by atoms with E-state index in [0.717, 1.165) is 12.0 Å². The number of para-hydroxylation sites is 1. The number of methoxy groups -OCH3 is 2. The summed E-state index contributed by atoms with van der Waals surface area (Å²) in [6.45, 7) is 0.909. The van der Waals surface area contributed by atoms with Crippen molar-refractivity contribution in [2.45, 2.75) is 25.4 Å². The van der Waals surface area contributed by atoms with E-state index in [0.29, 0.717) is 53.5 Å². The lowest BCUT2D eigenvalue weighted by atomic mass is 10.1. The Morgan fingerprint density at radius 1 is 0.972 bits per heavy atom. The van der Waals surface area contributed by atoms with Crippen LogP contribution in [0.4, 0.5) is 11.4 Å². The van der Waals surface area contributed by atoms with E-state index in [4.69, 9.17) is 9.47 Å². The Labute approximate surface area is 209 Å². The number of nitrogens with zero attached hydrogens (tertiary/aromatic N) is 2. The number of fused-ring (bicyclic) bond motifs is 2. The number of rotatable bonds is 6. The average Bonchev–Trinajstić information content (AvgIpc) is 3.39. The van der Waals surface area contributed by atoms with Crippen LogP contribution >= 0.6 is 0 Å². The summed E-state index contributed by atoms with van der Waals surface area (Å²) in [6.07, 6.45) is 1.49. The highest BCUT2D eigenvalue weighted by molar-refractivity contribution is 6.11. The summed E-state index contributed by atoms with van der Waals surface area (Å²) in [5.41, 5.74) is 3.09. The first-order valence-electron chi connectivity index (χ1n) is 11.8. The minimum absolute atomic E-state index is 0.0685. The second kappa shape index (κ2) is 9.73. The van der Waals surface area contributed by atoms with Crippen LogP contribution in [0.2, 0.25) is 0 Å². The zero-order valence-electron chi connectivity index (χ0n) is 20.2. The van der Waals surface area contributed by atoms with Crippen LogP contribution in [0, 0.1) is 0 Å². The van der Waals surface area contributed by atoms with Crippen molar-refractivity contribution in [1.29, 1.82) is 0 Å². The molecule has 0 saturated carbocycles. The molecule has 1 saturated heterocycles. The van der Waals surface area contributed by atoms with Gasteiger partial charge < -0.3 is 24.6 Å². The summed E-state index contributed by atoms with van der Waals surface area (Å²) in [4.78, 5) is 42.8. The molecule has 8 nitrogen and oxygen atoms in total. The second-order valence-electron chi connectivity index (χ2n) is 8.82. The van der Waals surface area contributed by atoms with Gasteiger partial charge in [0.1, 0.15) is 6.04 Å². The second-order valence-corrected chi connectivity index (χ2v) is 8.82. The normalized spacial score (nSPS) is 16.8. The Bertz CT molecular complexity index is 1320. The molecular weight excluding hydrogens is 458 g/mol. The molecule has 0 radical (unpaired) electrons. The predicted molar refractivity (Wildman–Crippen MR) is 136 cm³/mol. The van der Waals surface area contributed by atoms with E-state index in [2.05, 4.69) is 5.32 Å². The van der Waals surface area contributed by atoms with E-state index in [9.17, 15) is 14.4 Å². The number of nitrogens with one attached hydrogen (secondary N) is 1. The standard InChI is InChI=1S/C28H27N3O5/c1-35-24-14-13-20(16-25(24)36-2)29-26(32)19-11-9-18(10-12-19)17-31-22-7-4-3-6-21(22)27(33)30-15-5-8-23(30)28(31)34/h3-4,6-7,9-14,16,23H,5,8,15,17H2,1-2H3,(H,29,32). The molecule has 5 rings (SSSR count).